The molecular formula is C19H22N4O4. The summed E-state index contributed by atoms with van der Waals surface area (Å²) in [6, 6.07) is 1.53. The van der Waals surface area contributed by atoms with Crippen LogP contribution in [0.4, 0.5) is 0 Å². The molecule has 2 aromatic heterocycles. The first-order valence-electron chi connectivity index (χ1n) is 8.83. The molecule has 0 radical (unpaired) electrons. The molecule has 0 spiro atoms. The van der Waals surface area contributed by atoms with Crippen molar-refractivity contribution in [1.29, 1.82) is 0 Å². The van der Waals surface area contributed by atoms with Gasteiger partial charge in [-0.2, -0.15) is 0 Å². The van der Waals surface area contributed by atoms with Crippen LogP contribution in [0.3, 0.4) is 0 Å². The highest BCUT2D eigenvalue weighted by molar-refractivity contribution is 5.88. The zero-order valence-electron chi connectivity index (χ0n) is 15.2. The summed E-state index contributed by atoms with van der Waals surface area (Å²) in [6.45, 7) is 1.59. The molecule has 0 aliphatic carbocycles. The van der Waals surface area contributed by atoms with Gasteiger partial charge in [0.05, 0.1) is 23.1 Å². The number of methoxy groups -OCH3 is 1. The van der Waals surface area contributed by atoms with Crippen molar-refractivity contribution in [3.63, 3.8) is 0 Å². The third-order valence-corrected chi connectivity index (χ3v) is 4.62. The summed E-state index contributed by atoms with van der Waals surface area (Å²) in [5, 5.41) is 9.06. The molecule has 8 nitrogen and oxygen atoms in total. The number of pyridine rings is 1. The minimum atomic E-state index is -1.03. The standard InChI is InChI=1S/C19H22N4O4/c1-27-12-18(24)23-4-2-3-13(11-23)5-16-9-22-17(10-21-16)14-6-15(19(25)26)8-20-7-14/h6-10,13H,2-5,11-12H2,1H3,(H,25,26)/t13-/m1/s1. The van der Waals surface area contributed by atoms with Crippen molar-refractivity contribution in [1.82, 2.24) is 19.9 Å². The molecule has 3 heterocycles. The van der Waals surface area contributed by atoms with Crippen molar-refractivity contribution >= 4 is 11.9 Å². The number of hydrogen-bond acceptors (Lipinski definition) is 6. The van der Waals surface area contributed by atoms with Gasteiger partial charge >= 0.3 is 5.97 Å². The van der Waals surface area contributed by atoms with E-state index in [0.717, 1.165) is 31.5 Å². The normalized spacial score (nSPS) is 16.9. The van der Waals surface area contributed by atoms with Crippen LogP contribution in [0.2, 0.25) is 0 Å². The number of carbonyl (C=O) groups excluding carboxylic acids is 1. The monoisotopic (exact) mass is 370 g/mol. The molecule has 2 aromatic rings. The first-order chi connectivity index (χ1) is 13.1. The van der Waals surface area contributed by atoms with Crippen LogP contribution in [0, 0.1) is 5.92 Å². The summed E-state index contributed by atoms with van der Waals surface area (Å²) in [4.78, 5) is 37.7. The number of piperidine rings is 1. The number of aromatic nitrogens is 3. The number of amides is 1. The van der Waals surface area contributed by atoms with Crippen molar-refractivity contribution in [2.75, 3.05) is 26.8 Å². The van der Waals surface area contributed by atoms with Gasteiger partial charge in [0.15, 0.2) is 0 Å². The van der Waals surface area contributed by atoms with Crippen LogP contribution in [0.1, 0.15) is 28.9 Å². The molecule has 1 amide bonds. The molecular weight excluding hydrogens is 348 g/mol. The Labute approximate surface area is 157 Å². The number of rotatable bonds is 6. The number of likely N-dealkylation sites (tertiary alicyclic amines) is 1. The maximum Gasteiger partial charge on any atom is 0.337 e. The summed E-state index contributed by atoms with van der Waals surface area (Å²) < 4.78 is 4.93. The second-order valence-electron chi connectivity index (χ2n) is 6.65. The van der Waals surface area contributed by atoms with Gasteiger partial charge in [0.2, 0.25) is 5.91 Å². The molecule has 1 fully saturated rings. The number of nitrogens with zero attached hydrogens (tertiary/aromatic N) is 4. The fourth-order valence-electron chi connectivity index (χ4n) is 3.27. The summed E-state index contributed by atoms with van der Waals surface area (Å²) >= 11 is 0. The third-order valence-electron chi connectivity index (χ3n) is 4.62. The maximum absolute atomic E-state index is 12.0. The van der Waals surface area contributed by atoms with Gasteiger partial charge in [0, 0.05) is 44.4 Å². The lowest BCUT2D eigenvalue weighted by Crippen LogP contribution is -2.42. The molecule has 27 heavy (non-hydrogen) atoms. The molecule has 3 rings (SSSR count). The van der Waals surface area contributed by atoms with E-state index in [1.54, 1.807) is 18.6 Å². The molecule has 1 saturated heterocycles. The first-order valence-corrected chi connectivity index (χ1v) is 8.83. The molecule has 1 atom stereocenters. The Bertz CT molecular complexity index is 810. The Kier molecular flexibility index (Phi) is 6.08. The number of carboxylic acid groups (broad SMARTS) is 1. The Morgan fingerprint density at radius 1 is 1.26 bits per heavy atom. The SMILES string of the molecule is COCC(=O)N1CCC[C@H](Cc2cnc(-c3cncc(C(=O)O)c3)cn2)C1. The van der Waals surface area contributed by atoms with Gasteiger partial charge in [-0.1, -0.05) is 0 Å². The third kappa shape index (κ3) is 4.85. The van der Waals surface area contributed by atoms with Crippen LogP contribution in [-0.4, -0.2) is 63.6 Å². The van der Waals surface area contributed by atoms with E-state index in [2.05, 4.69) is 15.0 Å². The molecule has 1 N–H and O–H groups in total. The quantitative estimate of drug-likeness (QED) is 0.824. The Morgan fingerprint density at radius 3 is 2.81 bits per heavy atom. The minimum absolute atomic E-state index is 0.0226. The molecule has 0 unspecified atom stereocenters. The Hall–Kier alpha value is -2.87. The van der Waals surface area contributed by atoms with Crippen molar-refractivity contribution in [2.24, 2.45) is 5.92 Å². The maximum atomic E-state index is 12.0. The highest BCUT2D eigenvalue weighted by atomic mass is 16.5. The molecule has 0 saturated carbocycles. The van der Waals surface area contributed by atoms with Crippen LogP contribution in [-0.2, 0) is 16.0 Å². The lowest BCUT2D eigenvalue weighted by atomic mass is 9.93. The van der Waals surface area contributed by atoms with E-state index in [9.17, 15) is 9.59 Å². The second kappa shape index (κ2) is 8.68. The van der Waals surface area contributed by atoms with Crippen LogP contribution in [0.15, 0.2) is 30.9 Å². The van der Waals surface area contributed by atoms with Gasteiger partial charge in [-0.15, -0.1) is 0 Å². The highest BCUT2D eigenvalue weighted by Gasteiger charge is 2.24. The zero-order valence-corrected chi connectivity index (χ0v) is 15.2. The molecule has 0 aromatic carbocycles. The molecule has 142 valence electrons. The number of carbonyl (C=O) groups is 2. The van der Waals surface area contributed by atoms with E-state index in [1.165, 1.54) is 19.4 Å². The fourth-order valence-corrected chi connectivity index (χ4v) is 3.27. The van der Waals surface area contributed by atoms with E-state index >= 15 is 0 Å². The number of ether oxygens (including phenoxy) is 1. The topological polar surface area (TPSA) is 106 Å². The minimum Gasteiger partial charge on any atom is -0.478 e. The first kappa shape index (κ1) is 18.9. The smallest absolute Gasteiger partial charge is 0.337 e. The van der Waals surface area contributed by atoms with E-state index in [-0.39, 0.29) is 18.1 Å². The lowest BCUT2D eigenvalue weighted by molar-refractivity contribution is -0.136. The summed E-state index contributed by atoms with van der Waals surface area (Å²) in [6.07, 6.45) is 8.97. The fraction of sp³-hybridized carbons (Fsp3) is 0.421. The van der Waals surface area contributed by atoms with Gasteiger partial charge in [-0.25, -0.2) is 4.79 Å². The van der Waals surface area contributed by atoms with Crippen LogP contribution in [0.5, 0.6) is 0 Å². The Morgan fingerprint density at radius 2 is 2.11 bits per heavy atom. The van der Waals surface area contributed by atoms with Crippen LogP contribution < -0.4 is 0 Å². The van der Waals surface area contributed by atoms with Crippen molar-refractivity contribution < 1.29 is 19.4 Å². The van der Waals surface area contributed by atoms with E-state index in [0.29, 0.717) is 23.7 Å². The van der Waals surface area contributed by atoms with Crippen molar-refractivity contribution in [2.45, 2.75) is 19.3 Å². The summed E-state index contributed by atoms with van der Waals surface area (Å²) in [7, 11) is 1.53. The average molecular weight is 370 g/mol. The molecule has 1 aliphatic heterocycles. The number of aromatic carboxylic acids is 1. The lowest BCUT2D eigenvalue weighted by Gasteiger charge is -2.32. The van der Waals surface area contributed by atoms with Crippen molar-refractivity contribution in [3.05, 3.63) is 42.1 Å². The second-order valence-corrected chi connectivity index (χ2v) is 6.65. The molecule has 1 aliphatic rings. The predicted molar refractivity (Wildman–Crippen MR) is 97.1 cm³/mol. The van der Waals surface area contributed by atoms with Gasteiger partial charge in [-0.3, -0.25) is 19.7 Å². The Balaban J connectivity index is 1.65. The van der Waals surface area contributed by atoms with Gasteiger partial charge < -0.3 is 14.7 Å². The van der Waals surface area contributed by atoms with Crippen molar-refractivity contribution in [3.8, 4) is 11.3 Å². The van der Waals surface area contributed by atoms with Gasteiger partial charge in [0.25, 0.3) is 0 Å². The highest BCUT2D eigenvalue weighted by Crippen LogP contribution is 2.21. The van der Waals surface area contributed by atoms with E-state index in [4.69, 9.17) is 9.84 Å². The van der Waals surface area contributed by atoms with Crippen LogP contribution in [0.25, 0.3) is 11.3 Å². The summed E-state index contributed by atoms with van der Waals surface area (Å²) in [5.41, 5.74) is 2.16. The van der Waals surface area contributed by atoms with E-state index < -0.39 is 5.97 Å². The number of carboxylic acids is 1. The molecule has 8 heteroatoms. The predicted octanol–water partition coefficient (Wildman–Crippen LogP) is 1.66. The average Bonchev–Trinajstić information content (AvgIpc) is 2.69. The van der Waals surface area contributed by atoms with Gasteiger partial charge in [0.1, 0.15) is 6.61 Å². The summed E-state index contributed by atoms with van der Waals surface area (Å²) in [5.74, 6) is -0.662. The number of hydrogen-bond donors (Lipinski definition) is 1. The zero-order chi connectivity index (χ0) is 19.2. The van der Waals surface area contributed by atoms with Crippen LogP contribution >= 0.6 is 0 Å². The largest absolute Gasteiger partial charge is 0.478 e. The molecule has 0 bridgehead atoms. The van der Waals surface area contributed by atoms with E-state index in [1.807, 2.05) is 4.90 Å². The van der Waals surface area contributed by atoms with Gasteiger partial charge in [-0.05, 0) is 31.2 Å².